The molecule has 4 nitrogen and oxygen atoms in total. The Morgan fingerprint density at radius 1 is 1.37 bits per heavy atom. The van der Waals surface area contributed by atoms with Crippen LogP contribution in [0.1, 0.15) is 23.2 Å². The summed E-state index contributed by atoms with van der Waals surface area (Å²) in [6.07, 6.45) is 1.92. The van der Waals surface area contributed by atoms with Gasteiger partial charge in [-0.1, -0.05) is 11.6 Å². The van der Waals surface area contributed by atoms with Gasteiger partial charge in [-0.25, -0.2) is 0 Å². The molecule has 0 saturated carbocycles. The maximum Gasteiger partial charge on any atom is 0.170 e. The summed E-state index contributed by atoms with van der Waals surface area (Å²) in [7, 11) is 3.05. The maximum atomic E-state index is 12.5. The number of piperidine rings is 1. The second-order valence-corrected chi connectivity index (χ2v) is 4.95. The topological polar surface area (TPSA) is 47.6 Å². The fourth-order valence-corrected chi connectivity index (χ4v) is 2.70. The molecule has 1 unspecified atom stereocenters. The molecule has 0 aromatic heterocycles. The lowest BCUT2D eigenvalue weighted by Gasteiger charge is -2.22. The molecule has 104 valence electrons. The molecule has 2 rings (SSSR count). The fourth-order valence-electron chi connectivity index (χ4n) is 2.38. The molecule has 1 fully saturated rings. The van der Waals surface area contributed by atoms with Gasteiger partial charge in [-0.15, -0.1) is 0 Å². The van der Waals surface area contributed by atoms with E-state index in [1.807, 2.05) is 0 Å². The Bertz CT molecular complexity index is 470. The van der Waals surface area contributed by atoms with Crippen LogP contribution in [0.15, 0.2) is 12.1 Å². The van der Waals surface area contributed by atoms with Crippen molar-refractivity contribution < 1.29 is 14.3 Å². The van der Waals surface area contributed by atoms with Crippen molar-refractivity contribution >= 4 is 17.4 Å². The molecule has 0 radical (unpaired) electrons. The van der Waals surface area contributed by atoms with Gasteiger partial charge in [0.2, 0.25) is 0 Å². The average molecular weight is 284 g/mol. The molecule has 1 aromatic rings. The fraction of sp³-hybridized carbons (Fsp3) is 0.500. The van der Waals surface area contributed by atoms with Crippen LogP contribution in [0.5, 0.6) is 11.5 Å². The summed E-state index contributed by atoms with van der Waals surface area (Å²) in [6, 6.07) is 3.43. The van der Waals surface area contributed by atoms with E-state index in [1.54, 1.807) is 12.1 Å². The molecule has 1 aromatic carbocycles. The van der Waals surface area contributed by atoms with Crippen molar-refractivity contribution in [3.8, 4) is 11.5 Å². The number of methoxy groups -OCH3 is 2. The zero-order valence-corrected chi connectivity index (χ0v) is 11.9. The first-order valence-corrected chi connectivity index (χ1v) is 6.72. The second-order valence-electron chi connectivity index (χ2n) is 4.57. The number of nitrogens with one attached hydrogen (secondary N) is 1. The molecule has 1 aliphatic heterocycles. The third-order valence-electron chi connectivity index (χ3n) is 3.42. The van der Waals surface area contributed by atoms with E-state index in [1.165, 1.54) is 14.2 Å². The van der Waals surface area contributed by atoms with Crippen molar-refractivity contribution in [1.82, 2.24) is 5.32 Å². The Morgan fingerprint density at radius 3 is 2.74 bits per heavy atom. The first kappa shape index (κ1) is 14.2. The van der Waals surface area contributed by atoms with Crippen LogP contribution in [-0.4, -0.2) is 33.1 Å². The number of hydrogen-bond donors (Lipinski definition) is 1. The molecule has 19 heavy (non-hydrogen) atoms. The molecule has 1 heterocycles. The van der Waals surface area contributed by atoms with Crippen LogP contribution in [0.4, 0.5) is 0 Å². The molecule has 0 bridgehead atoms. The van der Waals surface area contributed by atoms with Crippen molar-refractivity contribution in [2.75, 3.05) is 27.3 Å². The average Bonchev–Trinajstić information content (AvgIpc) is 2.47. The van der Waals surface area contributed by atoms with Gasteiger partial charge in [-0.2, -0.15) is 0 Å². The highest BCUT2D eigenvalue weighted by atomic mass is 35.5. The number of hydrogen-bond acceptors (Lipinski definition) is 4. The first-order valence-electron chi connectivity index (χ1n) is 6.34. The smallest absolute Gasteiger partial charge is 0.170 e. The van der Waals surface area contributed by atoms with Crippen molar-refractivity contribution in [3.63, 3.8) is 0 Å². The minimum atomic E-state index is -0.00730. The Morgan fingerprint density at radius 2 is 2.16 bits per heavy atom. The van der Waals surface area contributed by atoms with E-state index in [-0.39, 0.29) is 11.7 Å². The van der Waals surface area contributed by atoms with Crippen molar-refractivity contribution in [2.24, 2.45) is 5.92 Å². The second kappa shape index (κ2) is 6.26. The predicted molar refractivity (Wildman–Crippen MR) is 74.5 cm³/mol. The van der Waals surface area contributed by atoms with Gasteiger partial charge >= 0.3 is 0 Å². The Balaban J connectivity index is 2.33. The minimum Gasteiger partial charge on any atom is -0.495 e. The number of Topliss-reactive ketones (excluding diaryl/α,β-unsaturated/α-hetero) is 1. The highest BCUT2D eigenvalue weighted by molar-refractivity contribution is 6.34. The van der Waals surface area contributed by atoms with Crippen LogP contribution >= 0.6 is 11.6 Å². The summed E-state index contributed by atoms with van der Waals surface area (Å²) < 4.78 is 10.4. The van der Waals surface area contributed by atoms with E-state index in [9.17, 15) is 4.79 Å². The molecular formula is C14H18ClNO3. The zero-order chi connectivity index (χ0) is 13.8. The molecule has 0 spiro atoms. The number of benzene rings is 1. The van der Waals surface area contributed by atoms with Gasteiger partial charge in [-0.3, -0.25) is 4.79 Å². The maximum absolute atomic E-state index is 12.5. The van der Waals surface area contributed by atoms with E-state index in [2.05, 4.69) is 5.32 Å². The Labute approximate surface area is 118 Å². The molecule has 0 aliphatic carbocycles. The molecule has 1 aliphatic rings. The molecule has 0 amide bonds. The molecule has 5 heteroatoms. The van der Waals surface area contributed by atoms with Crippen LogP contribution in [0.25, 0.3) is 0 Å². The summed E-state index contributed by atoms with van der Waals surface area (Å²) in [5.74, 6) is 0.981. The lowest BCUT2D eigenvalue weighted by molar-refractivity contribution is 0.0896. The largest absolute Gasteiger partial charge is 0.495 e. The molecule has 1 saturated heterocycles. The van der Waals surface area contributed by atoms with Crippen molar-refractivity contribution in [3.05, 3.63) is 22.7 Å². The van der Waals surface area contributed by atoms with Crippen LogP contribution in [0, 0.1) is 5.92 Å². The number of carbonyl (C=O) groups is 1. The number of halogens is 1. The van der Waals surface area contributed by atoms with Crippen molar-refractivity contribution in [1.29, 1.82) is 0 Å². The zero-order valence-electron chi connectivity index (χ0n) is 11.2. The molecule has 1 N–H and O–H groups in total. The monoisotopic (exact) mass is 283 g/mol. The third kappa shape index (κ3) is 2.85. The van der Waals surface area contributed by atoms with Gasteiger partial charge in [0.25, 0.3) is 0 Å². The van der Waals surface area contributed by atoms with Crippen LogP contribution in [0.3, 0.4) is 0 Å². The third-order valence-corrected chi connectivity index (χ3v) is 3.78. The summed E-state index contributed by atoms with van der Waals surface area (Å²) >= 11 is 6.18. The highest BCUT2D eigenvalue weighted by Gasteiger charge is 2.26. The summed E-state index contributed by atoms with van der Waals surface area (Å²) in [5, 5.41) is 3.59. The number of carbonyl (C=O) groups excluding carboxylic acids is 1. The number of rotatable bonds is 4. The Hall–Kier alpha value is -1.26. The van der Waals surface area contributed by atoms with Gasteiger partial charge in [0.05, 0.1) is 19.8 Å². The predicted octanol–water partition coefficient (Wildman–Crippen LogP) is 2.54. The number of ketones is 1. The van der Waals surface area contributed by atoms with Crippen LogP contribution < -0.4 is 14.8 Å². The molecule has 1 atom stereocenters. The van der Waals surface area contributed by atoms with E-state index in [0.29, 0.717) is 28.6 Å². The SMILES string of the molecule is COc1ccc(C(=O)C2CCCNC2)c(OC)c1Cl. The van der Waals surface area contributed by atoms with Gasteiger partial charge in [-0.05, 0) is 31.5 Å². The van der Waals surface area contributed by atoms with E-state index in [4.69, 9.17) is 21.1 Å². The summed E-state index contributed by atoms with van der Waals surface area (Å²) in [6.45, 7) is 1.69. The summed E-state index contributed by atoms with van der Waals surface area (Å²) in [5.41, 5.74) is 0.530. The van der Waals surface area contributed by atoms with Crippen LogP contribution in [0.2, 0.25) is 5.02 Å². The van der Waals surface area contributed by atoms with Gasteiger partial charge < -0.3 is 14.8 Å². The summed E-state index contributed by atoms with van der Waals surface area (Å²) in [4.78, 5) is 12.5. The van der Waals surface area contributed by atoms with Gasteiger partial charge in [0.15, 0.2) is 11.5 Å². The lowest BCUT2D eigenvalue weighted by atomic mass is 9.90. The van der Waals surface area contributed by atoms with Crippen molar-refractivity contribution in [2.45, 2.75) is 12.8 Å². The van der Waals surface area contributed by atoms with Gasteiger partial charge in [0, 0.05) is 12.5 Å². The Kier molecular flexibility index (Phi) is 4.66. The minimum absolute atomic E-state index is 0.00730. The quantitative estimate of drug-likeness (QED) is 0.863. The normalized spacial score (nSPS) is 19.0. The van der Waals surface area contributed by atoms with E-state index >= 15 is 0 Å². The van der Waals surface area contributed by atoms with E-state index in [0.717, 1.165) is 19.4 Å². The highest BCUT2D eigenvalue weighted by Crippen LogP contribution is 2.38. The first-order chi connectivity index (χ1) is 9.19. The molecular weight excluding hydrogens is 266 g/mol. The van der Waals surface area contributed by atoms with E-state index < -0.39 is 0 Å². The van der Waals surface area contributed by atoms with Gasteiger partial charge in [0.1, 0.15) is 10.8 Å². The lowest BCUT2D eigenvalue weighted by Crippen LogP contribution is -2.34. The number of ether oxygens (including phenoxy) is 2. The standard InChI is InChI=1S/C14H18ClNO3/c1-18-11-6-5-10(14(19-2)12(11)15)13(17)9-4-3-7-16-8-9/h5-6,9,16H,3-4,7-8H2,1-2H3. The van der Waals surface area contributed by atoms with Crippen LogP contribution in [-0.2, 0) is 0 Å².